The van der Waals surface area contributed by atoms with Gasteiger partial charge in [-0.1, -0.05) is 17.3 Å². The van der Waals surface area contributed by atoms with Crippen molar-refractivity contribution in [3.8, 4) is 11.4 Å². The van der Waals surface area contributed by atoms with E-state index >= 15 is 0 Å². The van der Waals surface area contributed by atoms with Crippen molar-refractivity contribution in [2.45, 2.75) is 6.42 Å². The van der Waals surface area contributed by atoms with Crippen LogP contribution in [0.1, 0.15) is 5.56 Å². The predicted octanol–water partition coefficient (Wildman–Crippen LogP) is 2.25. The topological polar surface area (TPSA) is 89.3 Å². The molecule has 0 unspecified atom stereocenters. The van der Waals surface area contributed by atoms with Crippen molar-refractivity contribution in [3.63, 3.8) is 0 Å². The minimum atomic E-state index is -0.306. The van der Waals surface area contributed by atoms with Crippen LogP contribution in [0.25, 0.3) is 16.9 Å². The van der Waals surface area contributed by atoms with Crippen LogP contribution in [0.4, 0.5) is 10.2 Å². The predicted molar refractivity (Wildman–Crippen MR) is 120 cm³/mol. The molecule has 9 nitrogen and oxygen atoms in total. The van der Waals surface area contributed by atoms with Gasteiger partial charge in [0, 0.05) is 26.2 Å². The van der Waals surface area contributed by atoms with Gasteiger partial charge >= 0.3 is 0 Å². The van der Waals surface area contributed by atoms with Crippen molar-refractivity contribution >= 4 is 22.9 Å². The van der Waals surface area contributed by atoms with Gasteiger partial charge in [0.1, 0.15) is 17.9 Å². The largest absolute Gasteiger partial charge is 0.497 e. The molecule has 2 aromatic heterocycles. The van der Waals surface area contributed by atoms with Gasteiger partial charge in [0.05, 0.1) is 19.2 Å². The zero-order chi connectivity index (χ0) is 22.8. The third-order valence-electron chi connectivity index (χ3n) is 5.74. The second-order valence-corrected chi connectivity index (χ2v) is 7.74. The lowest BCUT2D eigenvalue weighted by molar-refractivity contribution is -0.130. The number of ether oxygens (including phenoxy) is 1. The second kappa shape index (κ2) is 8.81. The zero-order valence-electron chi connectivity index (χ0n) is 18.1. The van der Waals surface area contributed by atoms with Crippen LogP contribution in [-0.4, -0.2) is 69.1 Å². The van der Waals surface area contributed by atoms with E-state index in [9.17, 15) is 9.18 Å². The Kier molecular flexibility index (Phi) is 5.55. The van der Waals surface area contributed by atoms with Crippen molar-refractivity contribution in [2.75, 3.05) is 38.2 Å². The van der Waals surface area contributed by atoms with Gasteiger partial charge in [0.2, 0.25) is 5.91 Å². The van der Waals surface area contributed by atoms with Crippen molar-refractivity contribution in [3.05, 3.63) is 66.2 Å². The Hall–Kier alpha value is -4.08. The van der Waals surface area contributed by atoms with Crippen molar-refractivity contribution in [2.24, 2.45) is 0 Å². The number of nitrogens with zero attached hydrogens (tertiary/aromatic N) is 7. The summed E-state index contributed by atoms with van der Waals surface area (Å²) in [6, 6.07) is 13.5. The maximum atomic E-state index is 13.1. The van der Waals surface area contributed by atoms with E-state index in [-0.39, 0.29) is 18.1 Å². The molecule has 33 heavy (non-hydrogen) atoms. The number of hydrogen-bond acceptors (Lipinski definition) is 7. The standard InChI is InChI=1S/C23H22FN7O2/c1-33-19-8-6-18(7-9-19)31-23-21(27-28-31)22(25-15-26-23)30-12-10-29(11-13-30)20(32)14-16-2-4-17(24)5-3-16/h2-9,15H,10-14H2,1H3. The Morgan fingerprint density at radius 2 is 1.73 bits per heavy atom. The lowest BCUT2D eigenvalue weighted by Gasteiger charge is -2.35. The van der Waals surface area contributed by atoms with Crippen molar-refractivity contribution in [1.29, 1.82) is 0 Å². The number of benzene rings is 2. The summed E-state index contributed by atoms with van der Waals surface area (Å²) >= 11 is 0. The highest BCUT2D eigenvalue weighted by Gasteiger charge is 2.25. The SMILES string of the molecule is COc1ccc(-n2nnc3c(N4CCN(C(=O)Cc5ccc(F)cc5)CC4)ncnc32)cc1. The summed E-state index contributed by atoms with van der Waals surface area (Å²) in [4.78, 5) is 25.4. The molecule has 168 valence electrons. The van der Waals surface area contributed by atoms with Crippen LogP contribution in [0.5, 0.6) is 5.75 Å². The number of fused-ring (bicyclic) bond motifs is 1. The zero-order valence-corrected chi connectivity index (χ0v) is 18.1. The highest BCUT2D eigenvalue weighted by atomic mass is 19.1. The van der Waals surface area contributed by atoms with Crippen LogP contribution < -0.4 is 9.64 Å². The van der Waals surface area contributed by atoms with E-state index < -0.39 is 0 Å². The molecular formula is C23H22FN7O2. The third kappa shape index (κ3) is 4.19. The summed E-state index contributed by atoms with van der Waals surface area (Å²) in [5, 5.41) is 8.61. The first kappa shape index (κ1) is 20.8. The van der Waals surface area contributed by atoms with E-state index in [2.05, 4.69) is 25.2 Å². The van der Waals surface area contributed by atoms with Crippen LogP contribution in [0.2, 0.25) is 0 Å². The lowest BCUT2D eigenvalue weighted by Crippen LogP contribution is -2.49. The van der Waals surface area contributed by atoms with Gasteiger partial charge in [-0.2, -0.15) is 4.68 Å². The quantitative estimate of drug-likeness (QED) is 0.464. The van der Waals surface area contributed by atoms with Gasteiger partial charge in [0.15, 0.2) is 17.0 Å². The van der Waals surface area contributed by atoms with Crippen molar-refractivity contribution < 1.29 is 13.9 Å². The van der Waals surface area contributed by atoms with E-state index in [1.165, 1.54) is 18.5 Å². The van der Waals surface area contributed by atoms with Crippen LogP contribution in [0.15, 0.2) is 54.9 Å². The van der Waals surface area contributed by atoms with Crippen LogP contribution >= 0.6 is 0 Å². The number of aromatic nitrogens is 5. The first-order chi connectivity index (χ1) is 16.1. The maximum Gasteiger partial charge on any atom is 0.227 e. The van der Waals surface area contributed by atoms with E-state index in [4.69, 9.17) is 4.74 Å². The molecular weight excluding hydrogens is 425 g/mol. The molecule has 0 aliphatic carbocycles. The average Bonchev–Trinajstić information content (AvgIpc) is 3.30. The lowest BCUT2D eigenvalue weighted by atomic mass is 10.1. The molecule has 1 aliphatic heterocycles. The molecule has 1 amide bonds. The molecule has 0 N–H and O–H groups in total. The van der Waals surface area contributed by atoms with Crippen LogP contribution in [0.3, 0.4) is 0 Å². The summed E-state index contributed by atoms with van der Waals surface area (Å²) in [7, 11) is 1.62. The second-order valence-electron chi connectivity index (χ2n) is 7.74. The van der Waals surface area contributed by atoms with E-state index in [1.54, 1.807) is 23.9 Å². The molecule has 0 bridgehead atoms. The Morgan fingerprint density at radius 3 is 2.42 bits per heavy atom. The molecule has 5 rings (SSSR count). The minimum absolute atomic E-state index is 0.0274. The molecule has 0 saturated carbocycles. The average molecular weight is 447 g/mol. The van der Waals surface area contributed by atoms with Crippen LogP contribution in [0, 0.1) is 5.82 Å². The molecule has 4 aromatic rings. The number of hydrogen-bond donors (Lipinski definition) is 0. The van der Waals surface area contributed by atoms with E-state index in [0.29, 0.717) is 43.2 Å². The molecule has 3 heterocycles. The number of halogens is 1. The molecule has 1 fully saturated rings. The van der Waals surface area contributed by atoms with Gasteiger partial charge in [-0.25, -0.2) is 14.4 Å². The van der Waals surface area contributed by atoms with Gasteiger partial charge in [-0.05, 0) is 42.0 Å². The van der Waals surface area contributed by atoms with E-state index in [0.717, 1.165) is 17.0 Å². The fraction of sp³-hybridized carbons (Fsp3) is 0.261. The van der Waals surface area contributed by atoms with Gasteiger partial charge < -0.3 is 14.5 Å². The number of methoxy groups -OCH3 is 1. The molecule has 0 spiro atoms. The minimum Gasteiger partial charge on any atom is -0.497 e. The highest BCUT2D eigenvalue weighted by molar-refractivity contribution is 5.84. The molecule has 0 atom stereocenters. The first-order valence-corrected chi connectivity index (χ1v) is 10.6. The van der Waals surface area contributed by atoms with Gasteiger partial charge in [0.25, 0.3) is 0 Å². The van der Waals surface area contributed by atoms with Crippen LogP contribution in [-0.2, 0) is 11.2 Å². The van der Waals surface area contributed by atoms with Gasteiger partial charge in [-0.3, -0.25) is 4.79 Å². The Bertz CT molecular complexity index is 1270. The summed E-state index contributed by atoms with van der Waals surface area (Å²) in [5.74, 6) is 1.18. The number of carbonyl (C=O) groups excluding carboxylic acids is 1. The van der Waals surface area contributed by atoms with Gasteiger partial charge in [-0.15, -0.1) is 5.10 Å². The fourth-order valence-corrected chi connectivity index (χ4v) is 3.92. The molecule has 2 aromatic carbocycles. The number of piperazine rings is 1. The Morgan fingerprint density at radius 1 is 1.00 bits per heavy atom. The number of amides is 1. The first-order valence-electron chi connectivity index (χ1n) is 10.6. The summed E-state index contributed by atoms with van der Waals surface area (Å²) in [6.07, 6.45) is 1.77. The summed E-state index contributed by atoms with van der Waals surface area (Å²) < 4.78 is 20.0. The summed E-state index contributed by atoms with van der Waals surface area (Å²) in [6.45, 7) is 2.38. The normalized spacial score (nSPS) is 14.0. The number of carbonyl (C=O) groups is 1. The maximum absolute atomic E-state index is 13.1. The Balaban J connectivity index is 1.30. The Labute approximate surface area is 189 Å². The highest BCUT2D eigenvalue weighted by Crippen LogP contribution is 2.24. The molecule has 1 saturated heterocycles. The molecule has 0 radical (unpaired) electrons. The molecule has 1 aliphatic rings. The van der Waals surface area contributed by atoms with Crippen molar-refractivity contribution in [1.82, 2.24) is 29.9 Å². The number of rotatable bonds is 5. The van der Waals surface area contributed by atoms with E-state index in [1.807, 2.05) is 29.2 Å². The fourth-order valence-electron chi connectivity index (χ4n) is 3.92. The summed E-state index contributed by atoms with van der Waals surface area (Å²) in [5.41, 5.74) is 2.84. The monoisotopic (exact) mass is 447 g/mol. The molecule has 10 heteroatoms. The third-order valence-corrected chi connectivity index (χ3v) is 5.74. The number of anilines is 1. The smallest absolute Gasteiger partial charge is 0.227 e.